The Morgan fingerprint density at radius 1 is 1.16 bits per heavy atom. The zero-order valence-electron chi connectivity index (χ0n) is 13.6. The molecule has 0 fully saturated rings. The van der Waals surface area contributed by atoms with Gasteiger partial charge in [0.05, 0.1) is 17.8 Å². The molecule has 0 atom stereocenters. The summed E-state index contributed by atoms with van der Waals surface area (Å²) in [6.07, 6.45) is 0.184. The predicted molar refractivity (Wildman–Crippen MR) is 99.7 cm³/mol. The van der Waals surface area contributed by atoms with E-state index in [2.05, 4.69) is 15.5 Å². The third-order valence-corrected chi connectivity index (χ3v) is 4.42. The normalized spacial score (nSPS) is 11.3. The van der Waals surface area contributed by atoms with Crippen LogP contribution in [0.1, 0.15) is 17.5 Å². The first kappa shape index (κ1) is 16.9. The molecule has 126 valence electrons. The van der Waals surface area contributed by atoms with E-state index in [-0.39, 0.29) is 18.1 Å². The Labute approximate surface area is 149 Å². The monoisotopic (exact) mass is 351 g/mol. The van der Waals surface area contributed by atoms with Crippen LogP contribution in [-0.2, 0) is 11.2 Å². The first-order valence-electron chi connectivity index (χ1n) is 7.74. The van der Waals surface area contributed by atoms with Crippen LogP contribution in [0.3, 0.4) is 0 Å². The van der Waals surface area contributed by atoms with Gasteiger partial charge in [0.1, 0.15) is 10.8 Å². The number of thiazole rings is 1. The van der Waals surface area contributed by atoms with Crippen LogP contribution in [0.4, 0.5) is 0 Å². The summed E-state index contributed by atoms with van der Waals surface area (Å²) in [6.45, 7) is 1.80. The number of aromatic hydroxyl groups is 1. The quantitative estimate of drug-likeness (QED) is 0.545. The molecule has 0 spiro atoms. The van der Waals surface area contributed by atoms with Crippen molar-refractivity contribution in [3.05, 3.63) is 70.5 Å². The third kappa shape index (κ3) is 4.51. The third-order valence-electron chi connectivity index (χ3n) is 3.57. The van der Waals surface area contributed by atoms with Crippen molar-refractivity contribution in [2.24, 2.45) is 5.10 Å². The van der Waals surface area contributed by atoms with Crippen molar-refractivity contribution >= 4 is 23.0 Å². The van der Waals surface area contributed by atoms with E-state index in [1.807, 2.05) is 35.7 Å². The van der Waals surface area contributed by atoms with Crippen molar-refractivity contribution < 1.29 is 9.90 Å². The molecule has 3 rings (SSSR count). The minimum Gasteiger partial charge on any atom is -0.508 e. The van der Waals surface area contributed by atoms with Crippen molar-refractivity contribution in [3.8, 4) is 17.0 Å². The van der Waals surface area contributed by atoms with Gasteiger partial charge in [0.2, 0.25) is 5.91 Å². The zero-order chi connectivity index (χ0) is 17.6. The summed E-state index contributed by atoms with van der Waals surface area (Å²) < 4.78 is 0. The molecule has 1 aromatic heterocycles. The van der Waals surface area contributed by atoms with Gasteiger partial charge in [0.15, 0.2) is 0 Å². The second-order valence-electron chi connectivity index (χ2n) is 5.45. The maximum atomic E-state index is 12.1. The largest absolute Gasteiger partial charge is 0.508 e. The number of benzene rings is 2. The summed E-state index contributed by atoms with van der Waals surface area (Å²) in [5.41, 5.74) is 5.95. The van der Waals surface area contributed by atoms with Crippen molar-refractivity contribution in [2.45, 2.75) is 13.3 Å². The number of hydrazone groups is 1. The van der Waals surface area contributed by atoms with Crippen LogP contribution in [0.25, 0.3) is 11.3 Å². The van der Waals surface area contributed by atoms with E-state index in [9.17, 15) is 9.90 Å². The van der Waals surface area contributed by atoms with Crippen LogP contribution < -0.4 is 5.43 Å². The smallest absolute Gasteiger partial charge is 0.246 e. The predicted octanol–water partition coefficient (Wildman–Crippen LogP) is 3.60. The van der Waals surface area contributed by atoms with Gasteiger partial charge in [-0.3, -0.25) is 4.79 Å². The fourth-order valence-electron chi connectivity index (χ4n) is 2.22. The Balaban J connectivity index is 1.60. The van der Waals surface area contributed by atoms with Gasteiger partial charge >= 0.3 is 0 Å². The molecule has 25 heavy (non-hydrogen) atoms. The zero-order valence-corrected chi connectivity index (χ0v) is 14.5. The maximum absolute atomic E-state index is 12.1. The number of nitrogens with zero attached hydrogens (tertiary/aromatic N) is 2. The number of rotatable bonds is 5. The number of nitrogens with one attached hydrogen (secondary N) is 1. The van der Waals surface area contributed by atoms with E-state index in [4.69, 9.17) is 0 Å². The Kier molecular flexibility index (Phi) is 5.20. The molecule has 0 aliphatic carbocycles. The van der Waals surface area contributed by atoms with E-state index in [0.29, 0.717) is 5.71 Å². The van der Waals surface area contributed by atoms with Crippen LogP contribution in [0, 0.1) is 0 Å². The van der Waals surface area contributed by atoms with Crippen LogP contribution in [0.15, 0.2) is 65.1 Å². The van der Waals surface area contributed by atoms with Crippen molar-refractivity contribution in [3.63, 3.8) is 0 Å². The Morgan fingerprint density at radius 3 is 2.60 bits per heavy atom. The van der Waals surface area contributed by atoms with E-state index < -0.39 is 0 Å². The summed E-state index contributed by atoms with van der Waals surface area (Å²) >= 11 is 1.46. The Morgan fingerprint density at radius 2 is 1.88 bits per heavy atom. The molecule has 0 aliphatic heterocycles. The summed E-state index contributed by atoms with van der Waals surface area (Å²) in [5.74, 6) is -0.0225. The molecule has 0 aliphatic rings. The van der Waals surface area contributed by atoms with Crippen LogP contribution in [-0.4, -0.2) is 21.7 Å². The minimum absolute atomic E-state index is 0.184. The fraction of sp³-hybridized carbons (Fsp3) is 0.105. The highest BCUT2D eigenvalue weighted by molar-refractivity contribution is 7.10. The summed E-state index contributed by atoms with van der Waals surface area (Å²) in [6, 6.07) is 16.5. The molecule has 0 unspecified atom stereocenters. The first-order valence-corrected chi connectivity index (χ1v) is 8.62. The number of phenols is 1. The topological polar surface area (TPSA) is 74.6 Å². The second-order valence-corrected chi connectivity index (χ2v) is 6.39. The summed E-state index contributed by atoms with van der Waals surface area (Å²) in [7, 11) is 0. The lowest BCUT2D eigenvalue weighted by Gasteiger charge is -2.02. The lowest BCUT2D eigenvalue weighted by molar-refractivity contribution is -0.120. The number of carbonyl (C=O) groups is 1. The molecule has 2 aromatic carbocycles. The molecular formula is C19H17N3O2S. The van der Waals surface area contributed by atoms with Gasteiger partial charge in [-0.25, -0.2) is 10.4 Å². The molecule has 3 aromatic rings. The molecule has 1 heterocycles. The minimum atomic E-state index is -0.216. The Hall–Kier alpha value is -2.99. The Bertz CT molecular complexity index is 887. The maximum Gasteiger partial charge on any atom is 0.246 e. The van der Waals surface area contributed by atoms with Gasteiger partial charge in [-0.15, -0.1) is 11.3 Å². The summed E-state index contributed by atoms with van der Waals surface area (Å²) in [4.78, 5) is 16.6. The fourth-order valence-corrected chi connectivity index (χ4v) is 3.03. The standard InChI is InChI=1S/C19H17N3O2S/c1-13(14-7-9-16(23)10-8-14)21-22-18(24)11-19-20-17(12-25-19)15-5-3-2-4-6-15/h2-10,12,23H,11H2,1H3,(H,22,24)/b21-13+. The molecule has 6 heteroatoms. The SMILES string of the molecule is C/C(=N\NC(=O)Cc1nc(-c2ccccc2)cs1)c1ccc(O)cc1. The van der Waals surface area contributed by atoms with E-state index in [1.54, 1.807) is 31.2 Å². The first-order chi connectivity index (χ1) is 12.1. The highest BCUT2D eigenvalue weighted by Gasteiger charge is 2.09. The number of amides is 1. The van der Waals surface area contributed by atoms with Gasteiger partial charge in [0.25, 0.3) is 0 Å². The number of hydrogen-bond acceptors (Lipinski definition) is 5. The molecule has 2 N–H and O–H groups in total. The number of aromatic nitrogens is 1. The molecule has 0 bridgehead atoms. The molecule has 0 saturated carbocycles. The van der Waals surface area contributed by atoms with Gasteiger partial charge in [-0.05, 0) is 36.8 Å². The number of carbonyl (C=O) groups excluding carboxylic acids is 1. The van der Waals surface area contributed by atoms with Gasteiger partial charge in [-0.2, -0.15) is 5.10 Å². The molecule has 0 saturated heterocycles. The average molecular weight is 351 g/mol. The molecule has 0 radical (unpaired) electrons. The van der Waals surface area contributed by atoms with Gasteiger partial charge < -0.3 is 5.11 Å². The van der Waals surface area contributed by atoms with Gasteiger partial charge in [0, 0.05) is 10.9 Å². The lowest BCUT2D eigenvalue weighted by atomic mass is 10.1. The van der Waals surface area contributed by atoms with Crippen molar-refractivity contribution in [1.82, 2.24) is 10.4 Å². The van der Waals surface area contributed by atoms with Crippen LogP contribution >= 0.6 is 11.3 Å². The molecule has 1 amide bonds. The van der Waals surface area contributed by atoms with E-state index in [1.165, 1.54) is 11.3 Å². The lowest BCUT2D eigenvalue weighted by Crippen LogP contribution is -2.21. The van der Waals surface area contributed by atoms with Crippen molar-refractivity contribution in [2.75, 3.05) is 0 Å². The van der Waals surface area contributed by atoms with E-state index in [0.717, 1.165) is 21.8 Å². The number of phenolic OH excluding ortho intramolecular Hbond substituents is 1. The van der Waals surface area contributed by atoms with Crippen LogP contribution in [0.5, 0.6) is 5.75 Å². The highest BCUT2D eigenvalue weighted by atomic mass is 32.1. The van der Waals surface area contributed by atoms with Crippen molar-refractivity contribution in [1.29, 1.82) is 0 Å². The molecule has 5 nitrogen and oxygen atoms in total. The summed E-state index contributed by atoms with van der Waals surface area (Å²) in [5, 5.41) is 16.1. The second kappa shape index (κ2) is 7.72. The van der Waals surface area contributed by atoms with Gasteiger partial charge in [-0.1, -0.05) is 30.3 Å². The number of hydrogen-bond donors (Lipinski definition) is 2. The molecular weight excluding hydrogens is 334 g/mol. The van der Waals surface area contributed by atoms with E-state index >= 15 is 0 Å². The average Bonchev–Trinajstić information content (AvgIpc) is 3.09. The van der Waals surface area contributed by atoms with Crippen LogP contribution in [0.2, 0.25) is 0 Å². The highest BCUT2D eigenvalue weighted by Crippen LogP contribution is 2.21.